The van der Waals surface area contributed by atoms with Gasteiger partial charge in [0.1, 0.15) is 10.9 Å². The van der Waals surface area contributed by atoms with E-state index in [9.17, 15) is 4.79 Å². The number of hydrogen-bond acceptors (Lipinski definition) is 3. The number of carbonyl (C=O) groups is 1. The molecule has 3 rings (SSSR count). The van der Waals surface area contributed by atoms with Crippen molar-refractivity contribution in [3.8, 4) is 5.75 Å². The Labute approximate surface area is 169 Å². The van der Waals surface area contributed by atoms with Gasteiger partial charge in [0.2, 0.25) is 0 Å². The van der Waals surface area contributed by atoms with Gasteiger partial charge in [-0.15, -0.1) is 0 Å². The number of rotatable bonds is 7. The minimum Gasteiger partial charge on any atom is -0.425 e. The first-order chi connectivity index (χ1) is 13.2. The predicted molar refractivity (Wildman–Crippen MR) is 110 cm³/mol. The molecule has 0 aromatic carbocycles. The second-order valence-electron chi connectivity index (χ2n) is 8.63. The van der Waals surface area contributed by atoms with Gasteiger partial charge < -0.3 is 4.74 Å². The lowest BCUT2D eigenvalue weighted by Crippen LogP contribution is -2.30. The van der Waals surface area contributed by atoms with E-state index in [4.69, 9.17) is 16.3 Å². The van der Waals surface area contributed by atoms with Gasteiger partial charge >= 0.3 is 5.97 Å². The number of unbranched alkanes of at least 4 members (excludes halogenated alkanes) is 2. The van der Waals surface area contributed by atoms with E-state index in [0.717, 1.165) is 30.6 Å². The smallest absolute Gasteiger partial charge is 0.314 e. The molecule has 2 saturated carbocycles. The van der Waals surface area contributed by atoms with Gasteiger partial charge in [-0.3, -0.25) is 4.79 Å². The number of hydrogen-bond donors (Lipinski definition) is 0. The summed E-state index contributed by atoms with van der Waals surface area (Å²) in [5, 5.41) is 0.412. The van der Waals surface area contributed by atoms with Crippen molar-refractivity contribution in [2.75, 3.05) is 0 Å². The van der Waals surface area contributed by atoms with Crippen LogP contribution in [0.1, 0.15) is 84.0 Å². The molecule has 0 atom stereocenters. The summed E-state index contributed by atoms with van der Waals surface area (Å²) in [5.41, 5.74) is 0. The highest BCUT2D eigenvalue weighted by Crippen LogP contribution is 2.42. The van der Waals surface area contributed by atoms with Crippen LogP contribution in [0, 0.1) is 23.7 Å². The van der Waals surface area contributed by atoms with E-state index >= 15 is 0 Å². The summed E-state index contributed by atoms with van der Waals surface area (Å²) in [7, 11) is 0. The Balaban J connectivity index is 1.37. The van der Waals surface area contributed by atoms with E-state index in [1.54, 1.807) is 12.1 Å². The number of halogens is 1. The molecule has 1 aromatic heterocycles. The quantitative estimate of drug-likeness (QED) is 0.290. The predicted octanol–water partition coefficient (Wildman–Crippen LogP) is 6.83. The van der Waals surface area contributed by atoms with Gasteiger partial charge in [-0.05, 0) is 68.4 Å². The normalized spacial score (nSPS) is 28.7. The molecule has 2 fully saturated rings. The van der Waals surface area contributed by atoms with Crippen LogP contribution in [0.15, 0.2) is 18.3 Å². The third-order valence-electron chi connectivity index (χ3n) is 6.80. The van der Waals surface area contributed by atoms with Crippen molar-refractivity contribution in [3.05, 3.63) is 23.5 Å². The molecule has 0 N–H and O–H groups in total. The van der Waals surface area contributed by atoms with E-state index in [0.29, 0.717) is 10.9 Å². The van der Waals surface area contributed by atoms with Crippen molar-refractivity contribution in [1.82, 2.24) is 4.98 Å². The van der Waals surface area contributed by atoms with Crippen LogP contribution in [-0.4, -0.2) is 11.0 Å². The third-order valence-corrected chi connectivity index (χ3v) is 7.02. The number of nitrogens with zero attached hydrogens (tertiary/aromatic N) is 1. The fourth-order valence-corrected chi connectivity index (χ4v) is 5.19. The SMILES string of the molecule is CCCCCC1CCC(C2CCC(C(=O)Oc3ccc(Cl)nc3)CC2)CC1. The van der Waals surface area contributed by atoms with Crippen LogP contribution in [-0.2, 0) is 4.79 Å². The Bertz CT molecular complexity index is 573. The fraction of sp³-hybridized carbons (Fsp3) is 0.739. The minimum atomic E-state index is -0.0998. The standard InChI is InChI=1S/C23H34ClNO2/c1-2-3-4-5-17-6-8-18(9-7-17)19-10-12-20(13-11-19)23(26)27-21-14-15-22(24)25-16-21/h14-20H,2-13H2,1H3. The number of ether oxygens (including phenoxy) is 1. The molecule has 3 nitrogen and oxygen atoms in total. The molecule has 2 aliphatic rings. The van der Waals surface area contributed by atoms with Crippen LogP contribution in [0.5, 0.6) is 5.75 Å². The summed E-state index contributed by atoms with van der Waals surface area (Å²) in [5.74, 6) is 3.13. The number of pyridine rings is 1. The Morgan fingerprint density at radius 3 is 2.30 bits per heavy atom. The zero-order valence-electron chi connectivity index (χ0n) is 16.7. The second-order valence-corrected chi connectivity index (χ2v) is 9.01. The number of carbonyl (C=O) groups excluding carboxylic acids is 1. The molecule has 0 amide bonds. The van der Waals surface area contributed by atoms with E-state index in [2.05, 4.69) is 11.9 Å². The first kappa shape index (κ1) is 20.6. The second kappa shape index (κ2) is 10.5. The van der Waals surface area contributed by atoms with Crippen LogP contribution in [0.2, 0.25) is 5.15 Å². The highest BCUT2D eigenvalue weighted by Gasteiger charge is 2.33. The summed E-state index contributed by atoms with van der Waals surface area (Å²) in [6.07, 6.45) is 17.1. The Morgan fingerprint density at radius 1 is 1.04 bits per heavy atom. The largest absolute Gasteiger partial charge is 0.425 e. The van der Waals surface area contributed by atoms with E-state index < -0.39 is 0 Å². The van der Waals surface area contributed by atoms with E-state index in [1.807, 2.05) is 0 Å². The lowest BCUT2D eigenvalue weighted by atomic mass is 9.68. The van der Waals surface area contributed by atoms with Gasteiger partial charge in [0.15, 0.2) is 0 Å². The fourth-order valence-electron chi connectivity index (χ4n) is 5.08. The molecule has 0 spiro atoms. The molecule has 0 aliphatic heterocycles. The van der Waals surface area contributed by atoms with Gasteiger partial charge in [0.05, 0.1) is 12.1 Å². The molecule has 150 valence electrons. The highest BCUT2D eigenvalue weighted by atomic mass is 35.5. The minimum absolute atomic E-state index is 0.0438. The molecule has 0 bridgehead atoms. The van der Waals surface area contributed by atoms with Gasteiger partial charge in [0.25, 0.3) is 0 Å². The van der Waals surface area contributed by atoms with Gasteiger partial charge in [0, 0.05) is 0 Å². The molecule has 27 heavy (non-hydrogen) atoms. The molecular weight excluding hydrogens is 358 g/mol. The van der Waals surface area contributed by atoms with Crippen molar-refractivity contribution in [2.24, 2.45) is 23.7 Å². The third kappa shape index (κ3) is 6.20. The van der Waals surface area contributed by atoms with E-state index in [1.165, 1.54) is 70.4 Å². The maximum Gasteiger partial charge on any atom is 0.314 e. The summed E-state index contributed by atoms with van der Waals surface area (Å²) >= 11 is 5.78. The highest BCUT2D eigenvalue weighted by molar-refractivity contribution is 6.29. The summed E-state index contributed by atoms with van der Waals surface area (Å²) < 4.78 is 5.49. The Morgan fingerprint density at radius 2 is 1.70 bits per heavy atom. The van der Waals surface area contributed by atoms with Crippen molar-refractivity contribution in [1.29, 1.82) is 0 Å². The molecule has 2 aliphatic carbocycles. The number of aromatic nitrogens is 1. The van der Waals surface area contributed by atoms with Crippen LogP contribution in [0.25, 0.3) is 0 Å². The zero-order chi connectivity index (χ0) is 19.1. The van der Waals surface area contributed by atoms with Gasteiger partial charge in [-0.2, -0.15) is 0 Å². The molecule has 0 radical (unpaired) electrons. The monoisotopic (exact) mass is 391 g/mol. The van der Waals surface area contributed by atoms with Crippen LogP contribution >= 0.6 is 11.6 Å². The lowest BCUT2D eigenvalue weighted by Gasteiger charge is -2.37. The van der Waals surface area contributed by atoms with Gasteiger partial charge in [-0.1, -0.05) is 57.0 Å². The average molecular weight is 392 g/mol. The summed E-state index contributed by atoms with van der Waals surface area (Å²) in [4.78, 5) is 16.4. The van der Waals surface area contributed by atoms with Crippen molar-refractivity contribution >= 4 is 17.6 Å². The van der Waals surface area contributed by atoms with Gasteiger partial charge in [-0.25, -0.2) is 4.98 Å². The average Bonchev–Trinajstić information content (AvgIpc) is 2.70. The van der Waals surface area contributed by atoms with Crippen molar-refractivity contribution in [2.45, 2.75) is 84.0 Å². The molecular formula is C23H34ClNO2. The number of esters is 1. The zero-order valence-corrected chi connectivity index (χ0v) is 17.4. The van der Waals surface area contributed by atoms with Crippen LogP contribution < -0.4 is 4.74 Å². The Kier molecular flexibility index (Phi) is 7.99. The lowest BCUT2D eigenvalue weighted by molar-refractivity contribution is -0.140. The van der Waals surface area contributed by atoms with Crippen LogP contribution in [0.4, 0.5) is 0 Å². The molecule has 4 heteroatoms. The molecule has 1 heterocycles. The van der Waals surface area contributed by atoms with E-state index in [-0.39, 0.29) is 11.9 Å². The van der Waals surface area contributed by atoms with Crippen molar-refractivity contribution in [3.63, 3.8) is 0 Å². The first-order valence-electron chi connectivity index (χ1n) is 11.0. The molecule has 0 saturated heterocycles. The maximum absolute atomic E-state index is 12.4. The Hall–Kier alpha value is -1.09. The van der Waals surface area contributed by atoms with Crippen molar-refractivity contribution < 1.29 is 9.53 Å². The topological polar surface area (TPSA) is 39.2 Å². The van der Waals surface area contributed by atoms with Crippen LogP contribution in [0.3, 0.4) is 0 Å². The molecule has 1 aromatic rings. The summed E-state index contributed by atoms with van der Waals surface area (Å²) in [6, 6.07) is 3.36. The first-order valence-corrected chi connectivity index (χ1v) is 11.4. The maximum atomic E-state index is 12.4. The molecule has 0 unspecified atom stereocenters. The summed E-state index contributed by atoms with van der Waals surface area (Å²) in [6.45, 7) is 2.29.